The van der Waals surface area contributed by atoms with Gasteiger partial charge >= 0.3 is 6.03 Å². The van der Waals surface area contributed by atoms with Crippen molar-refractivity contribution < 1.29 is 9.90 Å². The zero-order valence-electron chi connectivity index (χ0n) is 12.7. The molecule has 0 unspecified atom stereocenters. The number of nitrogens with one attached hydrogen (secondary N) is 2. The summed E-state index contributed by atoms with van der Waals surface area (Å²) in [6.45, 7) is 4.67. The predicted molar refractivity (Wildman–Crippen MR) is 83.3 cm³/mol. The van der Waals surface area contributed by atoms with Gasteiger partial charge in [-0.05, 0) is 36.1 Å². The number of carbonyl (C=O) groups excluding carboxylic acids is 1. The van der Waals surface area contributed by atoms with Crippen molar-refractivity contribution in [2.75, 3.05) is 37.5 Å². The van der Waals surface area contributed by atoms with Gasteiger partial charge in [-0.25, -0.2) is 4.79 Å². The molecular weight excluding hydrogens is 254 g/mol. The van der Waals surface area contributed by atoms with Gasteiger partial charge in [0.2, 0.25) is 0 Å². The molecule has 112 valence electrons. The lowest BCUT2D eigenvalue weighted by Crippen LogP contribution is -2.37. The van der Waals surface area contributed by atoms with E-state index in [4.69, 9.17) is 5.11 Å². The van der Waals surface area contributed by atoms with Gasteiger partial charge in [0.05, 0.1) is 0 Å². The first-order chi connectivity index (χ1) is 9.34. The van der Waals surface area contributed by atoms with E-state index in [-0.39, 0.29) is 18.1 Å². The second-order valence-electron chi connectivity index (χ2n) is 5.89. The van der Waals surface area contributed by atoms with E-state index < -0.39 is 0 Å². The lowest BCUT2D eigenvalue weighted by molar-refractivity contribution is 0.204. The summed E-state index contributed by atoms with van der Waals surface area (Å²) < 4.78 is 0. The molecule has 0 radical (unpaired) electrons. The average molecular weight is 279 g/mol. The van der Waals surface area contributed by atoms with E-state index in [9.17, 15) is 4.79 Å². The Morgan fingerprint density at radius 1 is 1.25 bits per heavy atom. The van der Waals surface area contributed by atoms with Crippen molar-refractivity contribution >= 4 is 17.4 Å². The molecule has 0 aliphatic carbocycles. The SMILES string of the molecule is CN(C)c1ccc(NC(=O)NCC(C)(C)CCO)cc1. The highest BCUT2D eigenvalue weighted by Gasteiger charge is 2.17. The van der Waals surface area contributed by atoms with Gasteiger partial charge in [0, 0.05) is 38.6 Å². The molecule has 0 aliphatic heterocycles. The van der Waals surface area contributed by atoms with Gasteiger partial charge in [-0.2, -0.15) is 0 Å². The summed E-state index contributed by atoms with van der Waals surface area (Å²) in [6, 6.07) is 7.41. The first-order valence-corrected chi connectivity index (χ1v) is 6.77. The van der Waals surface area contributed by atoms with E-state index in [0.29, 0.717) is 13.0 Å². The minimum absolute atomic E-state index is 0.110. The minimum atomic E-state index is -0.228. The Morgan fingerprint density at radius 2 is 1.85 bits per heavy atom. The zero-order valence-corrected chi connectivity index (χ0v) is 12.7. The summed E-state index contributed by atoms with van der Waals surface area (Å²) >= 11 is 0. The molecular formula is C15H25N3O2. The average Bonchev–Trinajstić information content (AvgIpc) is 2.37. The summed E-state index contributed by atoms with van der Waals surface area (Å²) in [4.78, 5) is 13.8. The topological polar surface area (TPSA) is 64.6 Å². The Labute approximate surface area is 121 Å². The molecule has 0 spiro atoms. The standard InChI is InChI=1S/C15H25N3O2/c1-15(2,9-10-19)11-16-14(20)17-12-5-7-13(8-6-12)18(3)4/h5-8,19H,9-11H2,1-4H3,(H2,16,17,20). The molecule has 2 amide bonds. The number of urea groups is 1. The maximum Gasteiger partial charge on any atom is 0.319 e. The van der Waals surface area contributed by atoms with Crippen LogP contribution in [-0.4, -0.2) is 38.4 Å². The van der Waals surface area contributed by atoms with E-state index in [1.807, 2.05) is 57.1 Å². The summed E-state index contributed by atoms with van der Waals surface area (Å²) in [5.74, 6) is 0. The fraction of sp³-hybridized carbons (Fsp3) is 0.533. The highest BCUT2D eigenvalue weighted by Crippen LogP contribution is 2.18. The monoisotopic (exact) mass is 279 g/mol. The summed E-state index contributed by atoms with van der Waals surface area (Å²) in [7, 11) is 3.94. The summed E-state index contributed by atoms with van der Waals surface area (Å²) in [6.07, 6.45) is 0.658. The van der Waals surface area contributed by atoms with Crippen LogP contribution in [0.25, 0.3) is 0 Å². The van der Waals surface area contributed by atoms with Gasteiger partial charge in [-0.15, -0.1) is 0 Å². The number of benzene rings is 1. The fourth-order valence-electron chi connectivity index (χ4n) is 1.73. The van der Waals surface area contributed by atoms with Crippen LogP contribution >= 0.6 is 0 Å². The van der Waals surface area contributed by atoms with E-state index in [1.54, 1.807) is 0 Å². The number of amides is 2. The van der Waals surface area contributed by atoms with Crippen LogP contribution in [0.1, 0.15) is 20.3 Å². The van der Waals surface area contributed by atoms with E-state index in [2.05, 4.69) is 10.6 Å². The van der Waals surface area contributed by atoms with E-state index in [0.717, 1.165) is 11.4 Å². The second kappa shape index (κ2) is 7.14. The lowest BCUT2D eigenvalue weighted by Gasteiger charge is -2.23. The predicted octanol–water partition coefficient (Wildman–Crippen LogP) is 2.28. The first-order valence-electron chi connectivity index (χ1n) is 6.77. The van der Waals surface area contributed by atoms with Crippen molar-refractivity contribution in [1.29, 1.82) is 0 Å². The Kier molecular flexibility index (Phi) is 5.82. The molecule has 1 aromatic rings. The van der Waals surface area contributed by atoms with Crippen molar-refractivity contribution in [3.63, 3.8) is 0 Å². The number of aliphatic hydroxyl groups excluding tert-OH is 1. The van der Waals surface area contributed by atoms with Gasteiger partial charge in [-0.1, -0.05) is 13.8 Å². The normalized spacial score (nSPS) is 11.1. The Bertz CT molecular complexity index is 427. The summed E-state index contributed by atoms with van der Waals surface area (Å²) in [5.41, 5.74) is 1.73. The Hall–Kier alpha value is -1.75. The van der Waals surface area contributed by atoms with Crippen molar-refractivity contribution in [2.24, 2.45) is 5.41 Å². The van der Waals surface area contributed by atoms with Gasteiger partial charge in [0.25, 0.3) is 0 Å². The highest BCUT2D eigenvalue weighted by atomic mass is 16.3. The molecule has 0 aliphatic rings. The van der Waals surface area contributed by atoms with Gasteiger partial charge in [0.1, 0.15) is 0 Å². The number of hydrogen-bond donors (Lipinski definition) is 3. The third-order valence-electron chi connectivity index (χ3n) is 3.16. The quantitative estimate of drug-likeness (QED) is 0.748. The highest BCUT2D eigenvalue weighted by molar-refractivity contribution is 5.89. The van der Waals surface area contributed by atoms with Crippen molar-refractivity contribution in [1.82, 2.24) is 5.32 Å². The van der Waals surface area contributed by atoms with Gasteiger partial charge < -0.3 is 20.6 Å². The molecule has 0 heterocycles. The third kappa shape index (κ3) is 5.48. The molecule has 5 heteroatoms. The molecule has 0 saturated heterocycles. The number of anilines is 2. The van der Waals surface area contributed by atoms with E-state index >= 15 is 0 Å². The number of aliphatic hydroxyl groups is 1. The lowest BCUT2D eigenvalue weighted by atomic mass is 9.90. The molecule has 1 rings (SSSR count). The zero-order chi connectivity index (χ0) is 15.2. The number of carbonyl (C=O) groups is 1. The van der Waals surface area contributed by atoms with Gasteiger partial charge in [-0.3, -0.25) is 0 Å². The summed E-state index contributed by atoms with van der Waals surface area (Å²) in [5, 5.41) is 14.6. The number of hydrogen-bond acceptors (Lipinski definition) is 3. The molecule has 20 heavy (non-hydrogen) atoms. The smallest absolute Gasteiger partial charge is 0.319 e. The van der Waals surface area contributed by atoms with Crippen LogP contribution in [0.3, 0.4) is 0 Å². The van der Waals surface area contributed by atoms with Crippen molar-refractivity contribution in [2.45, 2.75) is 20.3 Å². The van der Waals surface area contributed by atoms with Gasteiger partial charge in [0.15, 0.2) is 0 Å². The molecule has 1 aromatic carbocycles. The van der Waals surface area contributed by atoms with Crippen LogP contribution in [-0.2, 0) is 0 Å². The van der Waals surface area contributed by atoms with Crippen molar-refractivity contribution in [3.8, 4) is 0 Å². The molecule has 0 aromatic heterocycles. The number of rotatable bonds is 6. The molecule has 3 N–H and O–H groups in total. The molecule has 0 fully saturated rings. The van der Waals surface area contributed by atoms with Crippen LogP contribution < -0.4 is 15.5 Å². The first kappa shape index (κ1) is 16.3. The maximum atomic E-state index is 11.8. The second-order valence-corrected chi connectivity index (χ2v) is 5.89. The van der Waals surface area contributed by atoms with E-state index in [1.165, 1.54) is 0 Å². The largest absolute Gasteiger partial charge is 0.396 e. The molecule has 0 saturated carbocycles. The molecule has 5 nitrogen and oxygen atoms in total. The number of nitrogens with zero attached hydrogens (tertiary/aromatic N) is 1. The fourth-order valence-corrected chi connectivity index (χ4v) is 1.73. The van der Waals surface area contributed by atoms with Crippen LogP contribution in [0.5, 0.6) is 0 Å². The Balaban J connectivity index is 2.46. The van der Waals surface area contributed by atoms with Crippen LogP contribution in [0, 0.1) is 5.41 Å². The minimum Gasteiger partial charge on any atom is -0.396 e. The van der Waals surface area contributed by atoms with Crippen molar-refractivity contribution in [3.05, 3.63) is 24.3 Å². The van der Waals surface area contributed by atoms with Crippen LogP contribution in [0.15, 0.2) is 24.3 Å². The van der Waals surface area contributed by atoms with Crippen LogP contribution in [0.2, 0.25) is 0 Å². The third-order valence-corrected chi connectivity index (χ3v) is 3.16. The maximum absolute atomic E-state index is 11.8. The molecule has 0 atom stereocenters. The molecule has 0 bridgehead atoms. The Morgan fingerprint density at radius 3 is 2.35 bits per heavy atom. The van der Waals surface area contributed by atoms with Crippen LogP contribution in [0.4, 0.5) is 16.2 Å².